The first-order chi connectivity index (χ1) is 45.0. The van der Waals surface area contributed by atoms with Crippen molar-refractivity contribution in [3.63, 3.8) is 0 Å². The number of hydrogen-bond donors (Lipinski definition) is 0. The van der Waals surface area contributed by atoms with Gasteiger partial charge in [-0.15, -0.1) is 0 Å². The van der Waals surface area contributed by atoms with Crippen LogP contribution in [0.4, 0.5) is 0 Å². The lowest BCUT2D eigenvalue weighted by Gasteiger charge is -2.28. The number of unbranched alkanes of at least 4 members (excludes halogenated alkanes) is 27. The Labute approximate surface area is 566 Å². The number of phosphoric ester groups is 1. The van der Waals surface area contributed by atoms with Crippen molar-refractivity contribution in [1.82, 2.24) is 0 Å². The third kappa shape index (κ3) is 74.7. The predicted octanol–water partition coefficient (Wildman–Crippen LogP) is 24.1. The van der Waals surface area contributed by atoms with Crippen molar-refractivity contribution in [2.45, 2.75) is 302 Å². The number of esters is 2. The van der Waals surface area contributed by atoms with E-state index >= 15 is 0 Å². The fourth-order valence-electron chi connectivity index (χ4n) is 9.87. The predicted molar refractivity (Wildman–Crippen MR) is 397 cm³/mol. The zero-order valence-electron chi connectivity index (χ0n) is 59.7. The van der Waals surface area contributed by atoms with Crippen molar-refractivity contribution >= 4 is 19.8 Å². The van der Waals surface area contributed by atoms with E-state index in [9.17, 15) is 19.0 Å². The Balaban J connectivity index is 4.09. The quantitative estimate of drug-likeness (QED) is 0.0195. The molecule has 0 aliphatic heterocycles. The van der Waals surface area contributed by atoms with Gasteiger partial charge in [-0.05, 0) is 128 Å². The molecule has 0 aliphatic rings. The number of rotatable bonds is 67. The molecule has 0 heterocycles. The van der Waals surface area contributed by atoms with Gasteiger partial charge in [0.25, 0.3) is 7.82 Å². The van der Waals surface area contributed by atoms with Gasteiger partial charge in [0, 0.05) is 12.8 Å². The van der Waals surface area contributed by atoms with Crippen LogP contribution in [0.15, 0.2) is 158 Å². The summed E-state index contributed by atoms with van der Waals surface area (Å²) in [7, 11) is 1.15. The van der Waals surface area contributed by atoms with E-state index in [1.165, 1.54) is 141 Å². The first-order valence-electron chi connectivity index (χ1n) is 37.2. The van der Waals surface area contributed by atoms with Crippen LogP contribution in [-0.2, 0) is 32.7 Å². The Morgan fingerprint density at radius 3 is 0.924 bits per heavy atom. The smallest absolute Gasteiger partial charge is 0.306 e. The summed E-state index contributed by atoms with van der Waals surface area (Å²) in [5.74, 6) is -0.843. The van der Waals surface area contributed by atoms with Gasteiger partial charge in [0.05, 0.1) is 27.7 Å². The third-order valence-corrected chi connectivity index (χ3v) is 16.5. The minimum atomic E-state index is -4.65. The van der Waals surface area contributed by atoms with Gasteiger partial charge < -0.3 is 27.9 Å². The molecule has 0 fully saturated rings. The van der Waals surface area contributed by atoms with Crippen LogP contribution in [0.5, 0.6) is 0 Å². The summed E-state index contributed by atoms with van der Waals surface area (Å²) in [4.78, 5) is 38.1. The topological polar surface area (TPSA) is 111 Å². The van der Waals surface area contributed by atoms with Crippen molar-refractivity contribution in [2.24, 2.45) is 0 Å². The largest absolute Gasteiger partial charge is 0.756 e. The maximum atomic E-state index is 12.9. The summed E-state index contributed by atoms with van der Waals surface area (Å²) in [6.07, 6.45) is 106. The van der Waals surface area contributed by atoms with Crippen molar-refractivity contribution < 1.29 is 42.1 Å². The van der Waals surface area contributed by atoms with Gasteiger partial charge in [0.1, 0.15) is 19.8 Å². The minimum absolute atomic E-state index is 0.0387. The summed E-state index contributed by atoms with van der Waals surface area (Å²) in [6.45, 7) is 4.11. The van der Waals surface area contributed by atoms with E-state index in [1.54, 1.807) is 0 Å². The van der Waals surface area contributed by atoms with Gasteiger partial charge in [-0.3, -0.25) is 14.2 Å². The highest BCUT2D eigenvalue weighted by Crippen LogP contribution is 2.38. The summed E-state index contributed by atoms with van der Waals surface area (Å²) in [5.41, 5.74) is 0. The van der Waals surface area contributed by atoms with Gasteiger partial charge in [0.15, 0.2) is 6.10 Å². The van der Waals surface area contributed by atoms with E-state index in [2.05, 4.69) is 172 Å². The Hall–Kier alpha value is -4.37. The van der Waals surface area contributed by atoms with Crippen molar-refractivity contribution in [1.29, 1.82) is 0 Å². The zero-order valence-corrected chi connectivity index (χ0v) is 60.6. The number of carbonyl (C=O) groups is 2. The van der Waals surface area contributed by atoms with Crippen LogP contribution >= 0.6 is 7.82 Å². The van der Waals surface area contributed by atoms with Gasteiger partial charge in [-0.2, -0.15) is 0 Å². The molecule has 92 heavy (non-hydrogen) atoms. The van der Waals surface area contributed by atoms with Crippen LogP contribution in [0, 0.1) is 0 Å². The number of hydrogen-bond acceptors (Lipinski definition) is 8. The van der Waals surface area contributed by atoms with Crippen LogP contribution < -0.4 is 4.89 Å². The molecule has 0 aromatic rings. The number of likely N-dealkylation sites (N-methyl/N-ethyl adjacent to an activating group) is 1. The van der Waals surface area contributed by atoms with Gasteiger partial charge in [-0.1, -0.05) is 313 Å². The zero-order chi connectivity index (χ0) is 66.9. The molecule has 0 saturated carbocycles. The molecule has 2 atom stereocenters. The number of phosphoric acid groups is 1. The molecular weight excluding hydrogens is 1160 g/mol. The number of carbonyl (C=O) groups excluding carboxylic acids is 2. The van der Waals surface area contributed by atoms with E-state index in [-0.39, 0.29) is 32.0 Å². The normalized spacial score (nSPS) is 14.0. The van der Waals surface area contributed by atoms with E-state index in [0.29, 0.717) is 17.4 Å². The fraction of sp³-hybridized carbons (Fsp3) is 0.659. The Morgan fingerprint density at radius 1 is 0.348 bits per heavy atom. The standard InChI is InChI=1S/C82H138NO8P/c1-6-8-10-12-14-16-18-20-22-24-26-28-30-32-34-35-36-37-38-39-40-41-42-43-44-45-46-47-49-51-53-55-57-59-61-63-65-67-69-71-73-75-82(85)91-80(79-90-92(86,87)89-77-76-83(3,4)5)78-88-81(84)74-72-70-68-66-64-62-60-58-56-54-52-50-48-33-31-29-27-25-23-21-19-17-15-13-11-9-7-2/h8,10,14,16,19-22,25-28,31-34,36-37,39-40,42-43,45-46,49,51,80H,6-7,9,11-13,15,17-18,23-24,29-30,35,38,41,44,47-48,50,52-79H2,1-5H3/b10-8-,16-14-,21-19-,22-20-,27-25-,28-26-,33-31-,34-32-,37-36-,40-39-,43-42-,46-45-,51-49-. The monoisotopic (exact) mass is 1300 g/mol. The third-order valence-electron chi connectivity index (χ3n) is 15.5. The maximum absolute atomic E-state index is 12.9. The van der Waals surface area contributed by atoms with E-state index in [0.717, 1.165) is 122 Å². The second kappa shape index (κ2) is 70.9. The minimum Gasteiger partial charge on any atom is -0.756 e. The first kappa shape index (κ1) is 87.6. The average Bonchev–Trinajstić information content (AvgIpc) is 2.23. The molecule has 0 saturated heterocycles. The van der Waals surface area contributed by atoms with Crippen LogP contribution in [0.25, 0.3) is 0 Å². The summed E-state index contributed by atoms with van der Waals surface area (Å²) in [6, 6.07) is 0. The molecule has 0 rings (SSSR count). The average molecular weight is 1300 g/mol. The molecule has 2 unspecified atom stereocenters. The Morgan fingerprint density at radius 2 is 0.620 bits per heavy atom. The maximum Gasteiger partial charge on any atom is 0.306 e. The van der Waals surface area contributed by atoms with E-state index in [1.807, 2.05) is 21.1 Å². The molecule has 0 N–H and O–H groups in total. The lowest BCUT2D eigenvalue weighted by molar-refractivity contribution is -0.870. The number of ether oxygens (including phenoxy) is 2. The molecule has 0 spiro atoms. The molecule has 9 nitrogen and oxygen atoms in total. The van der Waals surface area contributed by atoms with Crippen molar-refractivity contribution in [3.8, 4) is 0 Å². The SMILES string of the molecule is CC/C=C\C/C=C\C/C=C\C/C=C\C/C=C\C/C=C\C/C=C\C/C=C\C/C=C\C/C=C\CCCCCCCCCCCCC(=O)OC(COC(=O)CCCCCCCCCCCCCC/C=C\C/C=C\C/C=C\CCCCCCC)COP(=O)([O-])OCC[N+](C)(C)C. The Kier molecular flexibility index (Phi) is 67.6. The summed E-state index contributed by atoms with van der Waals surface area (Å²) in [5, 5.41) is 0. The lowest BCUT2D eigenvalue weighted by Crippen LogP contribution is -2.37. The van der Waals surface area contributed by atoms with Crippen LogP contribution in [0.2, 0.25) is 0 Å². The fourth-order valence-corrected chi connectivity index (χ4v) is 10.6. The van der Waals surface area contributed by atoms with Gasteiger partial charge in [0.2, 0.25) is 0 Å². The first-order valence-corrected chi connectivity index (χ1v) is 38.7. The molecule has 0 aliphatic carbocycles. The summed E-state index contributed by atoms with van der Waals surface area (Å²) >= 11 is 0. The molecular formula is C82H138NO8P. The van der Waals surface area contributed by atoms with Crippen molar-refractivity contribution in [2.75, 3.05) is 47.5 Å². The number of nitrogens with zero attached hydrogens (tertiary/aromatic N) is 1. The van der Waals surface area contributed by atoms with Crippen molar-refractivity contribution in [3.05, 3.63) is 158 Å². The molecule has 0 aromatic heterocycles. The highest BCUT2D eigenvalue weighted by molar-refractivity contribution is 7.45. The second-order valence-electron chi connectivity index (χ2n) is 25.6. The molecule has 524 valence electrons. The lowest BCUT2D eigenvalue weighted by atomic mass is 10.0. The molecule has 0 amide bonds. The van der Waals surface area contributed by atoms with Crippen LogP contribution in [0.3, 0.4) is 0 Å². The highest BCUT2D eigenvalue weighted by atomic mass is 31.2. The molecule has 0 aromatic carbocycles. The number of allylic oxidation sites excluding steroid dienone is 26. The van der Waals surface area contributed by atoms with Crippen LogP contribution in [0.1, 0.15) is 296 Å². The Bertz CT molecular complexity index is 2110. The highest BCUT2D eigenvalue weighted by Gasteiger charge is 2.22. The molecule has 10 heteroatoms. The molecule has 0 bridgehead atoms. The van der Waals surface area contributed by atoms with Gasteiger partial charge in [-0.25, -0.2) is 0 Å². The summed E-state index contributed by atoms with van der Waals surface area (Å²) < 4.78 is 34.3. The van der Waals surface area contributed by atoms with Gasteiger partial charge >= 0.3 is 11.9 Å². The van der Waals surface area contributed by atoms with E-state index < -0.39 is 26.5 Å². The van der Waals surface area contributed by atoms with E-state index in [4.69, 9.17) is 18.5 Å². The van der Waals surface area contributed by atoms with Crippen LogP contribution in [-0.4, -0.2) is 70.0 Å². The molecule has 0 radical (unpaired) electrons. The second-order valence-corrected chi connectivity index (χ2v) is 27.0. The number of quaternary nitrogens is 1.